The highest BCUT2D eigenvalue weighted by atomic mass is 16.4. The van der Waals surface area contributed by atoms with E-state index in [1.54, 1.807) is 26.0 Å². The fraction of sp³-hybridized carbons (Fsp3) is 0.273. The molecule has 0 saturated heterocycles. The van der Waals surface area contributed by atoms with Gasteiger partial charge in [-0.3, -0.25) is 4.79 Å². The molecule has 0 spiro atoms. The molecule has 0 saturated carbocycles. The molecule has 80 valence electrons. The van der Waals surface area contributed by atoms with Gasteiger partial charge in [-0.15, -0.1) is 0 Å². The minimum absolute atomic E-state index is 0.129. The number of carbonyl (C=O) groups excluding carboxylic acids is 1. The molecule has 0 radical (unpaired) electrons. The Morgan fingerprint density at radius 2 is 2.07 bits per heavy atom. The van der Waals surface area contributed by atoms with Crippen molar-refractivity contribution in [3.8, 4) is 0 Å². The Morgan fingerprint density at radius 3 is 2.60 bits per heavy atom. The first kappa shape index (κ1) is 11.2. The van der Waals surface area contributed by atoms with E-state index in [-0.39, 0.29) is 11.5 Å². The van der Waals surface area contributed by atoms with Crippen molar-refractivity contribution in [3.05, 3.63) is 29.3 Å². The molecule has 0 bridgehead atoms. The maximum Gasteiger partial charge on any atom is 0.336 e. The average Bonchev–Trinajstić information content (AvgIpc) is 2.20. The van der Waals surface area contributed by atoms with Crippen molar-refractivity contribution in [2.75, 3.05) is 5.32 Å². The van der Waals surface area contributed by atoms with E-state index in [1.165, 1.54) is 6.07 Å². The zero-order chi connectivity index (χ0) is 11.4. The Bertz CT molecular complexity index is 399. The topological polar surface area (TPSA) is 66.4 Å². The molecule has 0 aromatic heterocycles. The van der Waals surface area contributed by atoms with Crippen LogP contribution in [0, 0.1) is 6.92 Å². The van der Waals surface area contributed by atoms with Crippen LogP contribution in [0.3, 0.4) is 0 Å². The lowest BCUT2D eigenvalue weighted by atomic mass is 10.1. The lowest BCUT2D eigenvalue weighted by Crippen LogP contribution is -2.10. The van der Waals surface area contributed by atoms with Gasteiger partial charge in [0, 0.05) is 12.1 Å². The van der Waals surface area contributed by atoms with Gasteiger partial charge in [0.2, 0.25) is 5.91 Å². The molecule has 1 rings (SSSR count). The number of carbonyl (C=O) groups is 2. The second-order valence-electron chi connectivity index (χ2n) is 3.24. The summed E-state index contributed by atoms with van der Waals surface area (Å²) in [6, 6.07) is 4.83. The third kappa shape index (κ3) is 2.80. The van der Waals surface area contributed by atoms with Crippen LogP contribution in [-0.4, -0.2) is 17.0 Å². The van der Waals surface area contributed by atoms with Crippen LogP contribution < -0.4 is 5.32 Å². The summed E-state index contributed by atoms with van der Waals surface area (Å²) in [7, 11) is 0. The molecule has 0 heterocycles. The van der Waals surface area contributed by atoms with Crippen molar-refractivity contribution in [1.29, 1.82) is 0 Å². The molecule has 0 unspecified atom stereocenters. The lowest BCUT2D eigenvalue weighted by Gasteiger charge is -2.06. The van der Waals surface area contributed by atoms with Crippen molar-refractivity contribution in [1.82, 2.24) is 0 Å². The SMILES string of the molecule is CCC(=O)Nc1ccc(C)c(C(=O)O)c1. The maximum absolute atomic E-state index is 11.1. The van der Waals surface area contributed by atoms with Gasteiger partial charge in [-0.2, -0.15) is 0 Å². The van der Waals surface area contributed by atoms with E-state index in [4.69, 9.17) is 5.11 Å². The number of hydrogen-bond acceptors (Lipinski definition) is 2. The molecule has 4 heteroatoms. The number of aromatic carboxylic acids is 1. The summed E-state index contributed by atoms with van der Waals surface area (Å²) < 4.78 is 0. The molecule has 0 aliphatic heterocycles. The molecule has 1 aromatic rings. The zero-order valence-electron chi connectivity index (χ0n) is 8.70. The summed E-state index contributed by atoms with van der Waals surface area (Å²) in [5.41, 5.74) is 1.41. The van der Waals surface area contributed by atoms with Crippen molar-refractivity contribution < 1.29 is 14.7 Å². The van der Waals surface area contributed by atoms with Gasteiger partial charge in [-0.05, 0) is 24.6 Å². The number of carboxylic acid groups (broad SMARTS) is 1. The van der Waals surface area contributed by atoms with Crippen molar-refractivity contribution in [2.24, 2.45) is 0 Å². The second-order valence-corrected chi connectivity index (χ2v) is 3.24. The Hall–Kier alpha value is -1.84. The molecular weight excluding hydrogens is 194 g/mol. The molecule has 0 atom stereocenters. The molecule has 4 nitrogen and oxygen atoms in total. The van der Waals surface area contributed by atoms with Crippen molar-refractivity contribution in [3.63, 3.8) is 0 Å². The van der Waals surface area contributed by atoms with Crippen LogP contribution in [0.2, 0.25) is 0 Å². The summed E-state index contributed by atoms with van der Waals surface area (Å²) in [5.74, 6) is -1.12. The van der Waals surface area contributed by atoms with Gasteiger partial charge in [0.05, 0.1) is 5.56 Å². The van der Waals surface area contributed by atoms with Crippen LogP contribution in [0.5, 0.6) is 0 Å². The molecular formula is C11H13NO3. The van der Waals surface area contributed by atoms with E-state index in [1.807, 2.05) is 0 Å². The smallest absolute Gasteiger partial charge is 0.336 e. The number of benzene rings is 1. The molecule has 1 aromatic carbocycles. The number of hydrogen-bond donors (Lipinski definition) is 2. The van der Waals surface area contributed by atoms with Crippen LogP contribution in [0.4, 0.5) is 5.69 Å². The zero-order valence-corrected chi connectivity index (χ0v) is 8.70. The molecule has 2 N–H and O–H groups in total. The normalized spacial score (nSPS) is 9.73. The Kier molecular flexibility index (Phi) is 3.44. The highest BCUT2D eigenvalue weighted by molar-refractivity contribution is 5.94. The van der Waals surface area contributed by atoms with Gasteiger partial charge >= 0.3 is 5.97 Å². The number of aryl methyl sites for hydroxylation is 1. The summed E-state index contributed by atoms with van der Waals surface area (Å²) in [6.45, 7) is 3.45. The van der Waals surface area contributed by atoms with E-state index in [0.717, 1.165) is 0 Å². The number of rotatable bonds is 3. The first-order valence-electron chi connectivity index (χ1n) is 4.68. The molecule has 0 aliphatic rings. The predicted molar refractivity (Wildman–Crippen MR) is 57.1 cm³/mol. The van der Waals surface area contributed by atoms with E-state index < -0.39 is 5.97 Å². The van der Waals surface area contributed by atoms with E-state index in [9.17, 15) is 9.59 Å². The molecule has 0 aliphatic carbocycles. The van der Waals surface area contributed by atoms with Gasteiger partial charge in [-0.1, -0.05) is 13.0 Å². The van der Waals surface area contributed by atoms with Crippen LogP contribution in [0.25, 0.3) is 0 Å². The minimum atomic E-state index is -0.986. The number of amides is 1. The third-order valence-corrected chi connectivity index (χ3v) is 2.07. The van der Waals surface area contributed by atoms with Crippen molar-refractivity contribution in [2.45, 2.75) is 20.3 Å². The van der Waals surface area contributed by atoms with E-state index in [0.29, 0.717) is 17.7 Å². The molecule has 0 fully saturated rings. The summed E-state index contributed by atoms with van der Waals surface area (Å²) in [4.78, 5) is 21.9. The number of carboxylic acids is 1. The van der Waals surface area contributed by atoms with Gasteiger partial charge < -0.3 is 10.4 Å². The lowest BCUT2D eigenvalue weighted by molar-refractivity contribution is -0.115. The number of nitrogens with one attached hydrogen (secondary N) is 1. The fourth-order valence-corrected chi connectivity index (χ4v) is 1.18. The Balaban J connectivity index is 2.97. The molecule has 1 amide bonds. The van der Waals surface area contributed by atoms with Crippen LogP contribution in [0.1, 0.15) is 29.3 Å². The standard InChI is InChI=1S/C11H13NO3/c1-3-10(13)12-8-5-4-7(2)9(6-8)11(14)15/h4-6H,3H2,1-2H3,(H,12,13)(H,14,15). The maximum atomic E-state index is 11.1. The quantitative estimate of drug-likeness (QED) is 0.797. The fourth-order valence-electron chi connectivity index (χ4n) is 1.18. The monoisotopic (exact) mass is 207 g/mol. The largest absolute Gasteiger partial charge is 0.478 e. The third-order valence-electron chi connectivity index (χ3n) is 2.07. The first-order valence-corrected chi connectivity index (χ1v) is 4.68. The van der Waals surface area contributed by atoms with E-state index in [2.05, 4.69) is 5.32 Å². The highest BCUT2D eigenvalue weighted by Crippen LogP contribution is 2.15. The predicted octanol–water partition coefficient (Wildman–Crippen LogP) is 2.04. The summed E-state index contributed by atoms with van der Waals surface area (Å²) in [6.07, 6.45) is 0.371. The molecule has 15 heavy (non-hydrogen) atoms. The average molecular weight is 207 g/mol. The van der Waals surface area contributed by atoms with Crippen LogP contribution in [-0.2, 0) is 4.79 Å². The Labute approximate surface area is 87.9 Å². The van der Waals surface area contributed by atoms with Gasteiger partial charge in [0.1, 0.15) is 0 Å². The number of anilines is 1. The van der Waals surface area contributed by atoms with E-state index >= 15 is 0 Å². The van der Waals surface area contributed by atoms with Gasteiger partial charge in [0.25, 0.3) is 0 Å². The highest BCUT2D eigenvalue weighted by Gasteiger charge is 2.08. The van der Waals surface area contributed by atoms with Crippen LogP contribution in [0.15, 0.2) is 18.2 Å². The minimum Gasteiger partial charge on any atom is -0.478 e. The second kappa shape index (κ2) is 4.59. The van der Waals surface area contributed by atoms with Gasteiger partial charge in [0.15, 0.2) is 0 Å². The van der Waals surface area contributed by atoms with Crippen molar-refractivity contribution >= 4 is 17.6 Å². The van der Waals surface area contributed by atoms with Gasteiger partial charge in [-0.25, -0.2) is 4.79 Å². The summed E-state index contributed by atoms with van der Waals surface area (Å²) >= 11 is 0. The summed E-state index contributed by atoms with van der Waals surface area (Å²) in [5, 5.41) is 11.5. The Morgan fingerprint density at radius 1 is 1.40 bits per heavy atom. The first-order chi connectivity index (χ1) is 7.04. The van der Waals surface area contributed by atoms with Crippen LogP contribution >= 0.6 is 0 Å².